The van der Waals surface area contributed by atoms with Gasteiger partial charge in [0.25, 0.3) is 5.91 Å². The molecule has 168 valence electrons. The molecule has 4 aromatic carbocycles. The molecule has 0 aliphatic carbocycles. The second kappa shape index (κ2) is 9.24. The van der Waals surface area contributed by atoms with Gasteiger partial charge in [0.15, 0.2) is 5.58 Å². The Labute approximate surface area is 198 Å². The van der Waals surface area contributed by atoms with Crippen LogP contribution in [0, 0.1) is 13.8 Å². The zero-order valence-corrected chi connectivity index (χ0v) is 19.0. The molecule has 0 aliphatic heterocycles. The Morgan fingerprint density at radius 2 is 1.74 bits per heavy atom. The van der Waals surface area contributed by atoms with Crippen LogP contribution < -0.4 is 10.1 Å². The number of ether oxygens (including phenoxy) is 1. The summed E-state index contributed by atoms with van der Waals surface area (Å²) in [6, 6.07) is 28.6. The molecule has 34 heavy (non-hydrogen) atoms. The minimum Gasteiger partial charge on any atom is -0.489 e. The Balaban J connectivity index is 1.31. The summed E-state index contributed by atoms with van der Waals surface area (Å²) in [7, 11) is 0. The summed E-state index contributed by atoms with van der Waals surface area (Å²) in [4.78, 5) is 17.5. The minimum absolute atomic E-state index is 0.220. The van der Waals surface area contributed by atoms with Crippen LogP contribution in [0.5, 0.6) is 5.75 Å². The molecule has 5 rings (SSSR count). The molecule has 5 heteroatoms. The first-order valence-electron chi connectivity index (χ1n) is 11.1. The highest BCUT2D eigenvalue weighted by atomic mass is 16.5. The molecule has 1 N–H and O–H groups in total. The number of carbonyl (C=O) groups is 1. The summed E-state index contributed by atoms with van der Waals surface area (Å²) < 4.78 is 11.8. The van der Waals surface area contributed by atoms with Crippen molar-refractivity contribution in [3.05, 3.63) is 113 Å². The van der Waals surface area contributed by atoms with Crippen molar-refractivity contribution in [2.24, 2.45) is 0 Å². The number of carbonyl (C=O) groups excluding carboxylic acids is 1. The molecule has 0 saturated heterocycles. The Bertz CT molecular complexity index is 1470. The van der Waals surface area contributed by atoms with Crippen LogP contribution in [-0.2, 0) is 6.61 Å². The van der Waals surface area contributed by atoms with Gasteiger partial charge in [0.05, 0.1) is 0 Å². The summed E-state index contributed by atoms with van der Waals surface area (Å²) in [6.45, 7) is 4.58. The highest BCUT2D eigenvalue weighted by Gasteiger charge is 2.12. The van der Waals surface area contributed by atoms with Crippen LogP contribution in [0.15, 0.2) is 95.4 Å². The average Bonchev–Trinajstić information content (AvgIpc) is 3.29. The monoisotopic (exact) mass is 448 g/mol. The molecule has 0 atom stereocenters. The van der Waals surface area contributed by atoms with Gasteiger partial charge < -0.3 is 14.5 Å². The van der Waals surface area contributed by atoms with Gasteiger partial charge in [-0.2, -0.15) is 0 Å². The summed E-state index contributed by atoms with van der Waals surface area (Å²) in [6.07, 6.45) is 0. The number of hydrogen-bond donors (Lipinski definition) is 1. The van der Waals surface area contributed by atoms with E-state index in [1.165, 1.54) is 11.1 Å². The van der Waals surface area contributed by atoms with Crippen LogP contribution in [0.4, 0.5) is 5.69 Å². The summed E-state index contributed by atoms with van der Waals surface area (Å²) in [5.74, 6) is 0.980. The molecule has 0 spiro atoms. The number of benzene rings is 4. The van der Waals surface area contributed by atoms with E-state index in [1.807, 2.05) is 66.7 Å². The number of hydrogen-bond acceptors (Lipinski definition) is 4. The van der Waals surface area contributed by atoms with E-state index < -0.39 is 0 Å². The number of nitrogens with zero attached hydrogens (tertiary/aromatic N) is 1. The van der Waals surface area contributed by atoms with Gasteiger partial charge in [0.2, 0.25) is 5.89 Å². The lowest BCUT2D eigenvalue weighted by Crippen LogP contribution is -2.12. The zero-order valence-electron chi connectivity index (χ0n) is 19.0. The second-order valence-electron chi connectivity index (χ2n) is 8.26. The predicted octanol–water partition coefficient (Wildman–Crippen LogP) is 6.94. The van der Waals surface area contributed by atoms with Crippen LogP contribution in [0.2, 0.25) is 0 Å². The Kier molecular flexibility index (Phi) is 5.83. The molecule has 1 aromatic heterocycles. The smallest absolute Gasteiger partial charge is 0.255 e. The fourth-order valence-electron chi connectivity index (χ4n) is 3.67. The molecule has 0 aliphatic rings. The van der Waals surface area contributed by atoms with Gasteiger partial charge in [-0.05, 0) is 79.1 Å². The SMILES string of the molecule is Cc1ccc(-c2nc3cc(NC(=O)c4cccc(OCc5ccccc5)c4)ccc3o2)cc1C. The first-order chi connectivity index (χ1) is 16.5. The first-order valence-corrected chi connectivity index (χ1v) is 11.1. The van der Waals surface area contributed by atoms with Crippen molar-refractivity contribution in [1.29, 1.82) is 0 Å². The maximum atomic E-state index is 12.9. The fourth-order valence-corrected chi connectivity index (χ4v) is 3.67. The van der Waals surface area contributed by atoms with Crippen LogP contribution in [0.25, 0.3) is 22.6 Å². The third-order valence-corrected chi connectivity index (χ3v) is 5.74. The first kappa shape index (κ1) is 21.5. The van der Waals surface area contributed by atoms with Crippen molar-refractivity contribution in [1.82, 2.24) is 4.98 Å². The number of nitrogens with one attached hydrogen (secondary N) is 1. The number of rotatable bonds is 6. The summed E-state index contributed by atoms with van der Waals surface area (Å²) >= 11 is 0. The van der Waals surface area contributed by atoms with E-state index in [1.54, 1.807) is 12.1 Å². The van der Waals surface area contributed by atoms with Gasteiger partial charge in [-0.15, -0.1) is 0 Å². The van der Waals surface area contributed by atoms with Crippen LogP contribution >= 0.6 is 0 Å². The Morgan fingerprint density at radius 3 is 2.56 bits per heavy atom. The highest BCUT2D eigenvalue weighted by molar-refractivity contribution is 6.05. The standard InChI is InChI=1S/C29H24N2O3/c1-19-11-12-23(15-20(19)2)29-31-26-17-24(13-14-27(26)34-29)30-28(32)22-9-6-10-25(16-22)33-18-21-7-4-3-5-8-21/h3-17H,18H2,1-2H3,(H,30,32). The van der Waals surface area contributed by atoms with Crippen molar-refractivity contribution in [2.75, 3.05) is 5.32 Å². The second-order valence-corrected chi connectivity index (χ2v) is 8.26. The largest absolute Gasteiger partial charge is 0.489 e. The number of anilines is 1. The van der Waals surface area contributed by atoms with E-state index in [0.29, 0.717) is 40.6 Å². The molecule has 0 bridgehead atoms. The molecular weight excluding hydrogens is 424 g/mol. The minimum atomic E-state index is -0.220. The number of aryl methyl sites for hydroxylation is 2. The average molecular weight is 449 g/mol. The predicted molar refractivity (Wildman–Crippen MR) is 134 cm³/mol. The summed E-state index contributed by atoms with van der Waals surface area (Å²) in [5.41, 5.74) is 6.92. The van der Waals surface area contributed by atoms with Crippen molar-refractivity contribution in [2.45, 2.75) is 20.5 Å². The lowest BCUT2D eigenvalue weighted by Gasteiger charge is -2.09. The third-order valence-electron chi connectivity index (χ3n) is 5.74. The Hall–Kier alpha value is -4.38. The molecule has 5 nitrogen and oxygen atoms in total. The van der Waals surface area contributed by atoms with Crippen LogP contribution in [-0.4, -0.2) is 10.9 Å². The number of amides is 1. The zero-order chi connectivity index (χ0) is 23.5. The van der Waals surface area contributed by atoms with E-state index in [-0.39, 0.29) is 5.91 Å². The van der Waals surface area contributed by atoms with E-state index in [9.17, 15) is 4.79 Å². The van der Waals surface area contributed by atoms with Gasteiger partial charge in [0.1, 0.15) is 17.9 Å². The molecule has 0 unspecified atom stereocenters. The molecule has 5 aromatic rings. The van der Waals surface area contributed by atoms with Crippen molar-refractivity contribution in [3.8, 4) is 17.2 Å². The molecular formula is C29H24N2O3. The highest BCUT2D eigenvalue weighted by Crippen LogP contribution is 2.28. The lowest BCUT2D eigenvalue weighted by molar-refractivity contribution is 0.102. The molecule has 0 fully saturated rings. The quantitative estimate of drug-likeness (QED) is 0.305. The maximum absolute atomic E-state index is 12.9. The molecule has 0 saturated carbocycles. The van der Waals surface area contributed by atoms with Gasteiger partial charge >= 0.3 is 0 Å². The Morgan fingerprint density at radius 1 is 0.882 bits per heavy atom. The van der Waals surface area contributed by atoms with Crippen molar-refractivity contribution in [3.63, 3.8) is 0 Å². The topological polar surface area (TPSA) is 64.4 Å². The van der Waals surface area contributed by atoms with E-state index in [0.717, 1.165) is 11.1 Å². The van der Waals surface area contributed by atoms with Gasteiger partial charge in [-0.3, -0.25) is 4.79 Å². The molecule has 1 heterocycles. The number of aromatic nitrogens is 1. The van der Waals surface area contributed by atoms with Crippen LogP contribution in [0.3, 0.4) is 0 Å². The van der Waals surface area contributed by atoms with E-state index in [4.69, 9.17) is 9.15 Å². The van der Waals surface area contributed by atoms with Crippen molar-refractivity contribution < 1.29 is 13.9 Å². The van der Waals surface area contributed by atoms with Gasteiger partial charge in [0, 0.05) is 16.8 Å². The lowest BCUT2D eigenvalue weighted by atomic mass is 10.1. The van der Waals surface area contributed by atoms with Crippen molar-refractivity contribution >= 4 is 22.7 Å². The summed E-state index contributed by atoms with van der Waals surface area (Å²) in [5, 5.41) is 2.94. The van der Waals surface area contributed by atoms with Gasteiger partial charge in [-0.1, -0.05) is 42.5 Å². The molecule has 0 radical (unpaired) electrons. The van der Waals surface area contributed by atoms with E-state index >= 15 is 0 Å². The maximum Gasteiger partial charge on any atom is 0.255 e. The molecule has 1 amide bonds. The van der Waals surface area contributed by atoms with Crippen LogP contribution in [0.1, 0.15) is 27.0 Å². The van der Waals surface area contributed by atoms with Gasteiger partial charge in [-0.25, -0.2) is 4.98 Å². The number of oxazole rings is 1. The number of fused-ring (bicyclic) bond motifs is 1. The normalized spacial score (nSPS) is 10.9. The van der Waals surface area contributed by atoms with E-state index in [2.05, 4.69) is 36.3 Å². The fraction of sp³-hybridized carbons (Fsp3) is 0.103. The third kappa shape index (κ3) is 4.69.